The fourth-order valence-corrected chi connectivity index (χ4v) is 6.17. The molecule has 0 amide bonds. The summed E-state index contributed by atoms with van der Waals surface area (Å²) in [6, 6.07) is 3.19. The highest BCUT2D eigenvalue weighted by Crippen LogP contribution is 2.41. The van der Waals surface area contributed by atoms with Crippen LogP contribution in [0, 0.1) is 16.5 Å². The number of thiazole rings is 1. The molecule has 12 heteroatoms. The Kier molecular flexibility index (Phi) is 7.36. The van der Waals surface area contributed by atoms with Crippen LogP contribution in [0.5, 0.6) is 0 Å². The zero-order chi connectivity index (χ0) is 24.5. The molecule has 1 aromatic carbocycles. The van der Waals surface area contributed by atoms with E-state index in [9.17, 15) is 13.4 Å². The molecule has 34 heavy (non-hydrogen) atoms. The van der Waals surface area contributed by atoms with Crippen molar-refractivity contribution in [2.75, 3.05) is 13.4 Å². The summed E-state index contributed by atoms with van der Waals surface area (Å²) in [4.78, 5) is 22.1. The number of benzene rings is 1. The van der Waals surface area contributed by atoms with E-state index in [1.165, 1.54) is 42.9 Å². The Labute approximate surface area is 206 Å². The zero-order valence-electron chi connectivity index (χ0n) is 18.6. The average Bonchev–Trinajstić information content (AvgIpc) is 3.32. The van der Waals surface area contributed by atoms with Crippen LogP contribution in [-0.2, 0) is 19.4 Å². The van der Waals surface area contributed by atoms with Crippen LogP contribution in [0.4, 0.5) is 4.39 Å². The molecule has 4 rings (SSSR count). The minimum absolute atomic E-state index is 0.0297. The first-order valence-electron chi connectivity index (χ1n) is 10.7. The molecule has 1 saturated carbocycles. The summed E-state index contributed by atoms with van der Waals surface area (Å²) in [7, 11) is -1.50. The number of hydrogen-bond acceptors (Lipinski definition) is 8. The van der Waals surface area contributed by atoms with E-state index in [0.717, 1.165) is 0 Å². The van der Waals surface area contributed by atoms with Crippen molar-refractivity contribution in [3.05, 3.63) is 62.5 Å². The second kappa shape index (κ2) is 10.1. The second-order valence-corrected chi connectivity index (χ2v) is 11.6. The van der Waals surface area contributed by atoms with Crippen molar-refractivity contribution in [1.82, 2.24) is 15.0 Å². The second-order valence-electron chi connectivity index (χ2n) is 8.34. The van der Waals surface area contributed by atoms with Crippen LogP contribution in [0.3, 0.4) is 0 Å². The van der Waals surface area contributed by atoms with Crippen LogP contribution in [-0.4, -0.2) is 40.4 Å². The normalized spacial score (nSPS) is 24.7. The number of nitrogens with zero attached hydrogens (tertiary/aromatic N) is 2. The molecule has 0 saturated heterocycles. The van der Waals surface area contributed by atoms with Gasteiger partial charge in [-0.3, -0.25) is 4.99 Å². The number of nitrogens with one attached hydrogen (secondary N) is 3. The molecule has 3 N–H and O–H groups in total. The van der Waals surface area contributed by atoms with Crippen molar-refractivity contribution < 1.29 is 18.1 Å². The Morgan fingerprint density at radius 3 is 2.68 bits per heavy atom. The summed E-state index contributed by atoms with van der Waals surface area (Å²) in [6.07, 6.45) is 5.83. The maximum Gasteiger partial charge on any atom is 0.338 e. The highest BCUT2D eigenvalue weighted by molar-refractivity contribution is 7.89. The molecule has 2 aromatic rings. The van der Waals surface area contributed by atoms with Crippen molar-refractivity contribution in [3.63, 3.8) is 0 Å². The van der Waals surface area contributed by atoms with Crippen molar-refractivity contribution in [1.29, 1.82) is 4.78 Å². The van der Waals surface area contributed by atoms with Crippen molar-refractivity contribution >= 4 is 44.7 Å². The van der Waals surface area contributed by atoms with Crippen LogP contribution >= 0.6 is 22.9 Å². The van der Waals surface area contributed by atoms with Crippen LogP contribution in [0.15, 0.2) is 46.0 Å². The smallest absolute Gasteiger partial charge is 0.338 e. The summed E-state index contributed by atoms with van der Waals surface area (Å²) in [6.45, 7) is 0. The molecule has 0 bridgehead atoms. The van der Waals surface area contributed by atoms with Crippen LogP contribution in [0.2, 0.25) is 5.02 Å². The average molecular weight is 526 g/mol. The Bertz CT molecular complexity index is 1240. The lowest BCUT2D eigenvalue weighted by atomic mass is 9.80. The predicted molar refractivity (Wildman–Crippen MR) is 131 cm³/mol. The van der Waals surface area contributed by atoms with Gasteiger partial charge in [0.15, 0.2) is 10.8 Å². The number of amidine groups is 1. The Morgan fingerprint density at radius 2 is 2.09 bits per heavy atom. The Hall–Kier alpha value is -2.34. The van der Waals surface area contributed by atoms with E-state index in [1.807, 2.05) is 5.38 Å². The molecular formula is C22H25ClFN5O3S2. The SMILES string of the molecule is COC(=O)C1=C(C2CCC(NS(C)(=N)=O)CC2)NC(c2nccs2)=NC1c1ccc(F)cc1Cl. The number of hydrogen-bond donors (Lipinski definition) is 3. The fourth-order valence-electron chi connectivity index (χ4n) is 4.44. The molecule has 1 aliphatic heterocycles. The zero-order valence-corrected chi connectivity index (χ0v) is 21.0. The van der Waals surface area contributed by atoms with Gasteiger partial charge in [-0.15, -0.1) is 11.3 Å². The van der Waals surface area contributed by atoms with Gasteiger partial charge in [-0.1, -0.05) is 17.7 Å². The van der Waals surface area contributed by atoms with Gasteiger partial charge in [-0.05, 0) is 43.7 Å². The van der Waals surface area contributed by atoms with Gasteiger partial charge >= 0.3 is 5.97 Å². The van der Waals surface area contributed by atoms with Gasteiger partial charge in [0, 0.05) is 40.2 Å². The lowest BCUT2D eigenvalue weighted by Gasteiger charge is -2.35. The number of ether oxygens (including phenoxy) is 1. The van der Waals surface area contributed by atoms with Crippen LogP contribution in [0.25, 0.3) is 0 Å². The topological polar surface area (TPSA) is 117 Å². The molecule has 8 nitrogen and oxygen atoms in total. The number of aliphatic imine (C=N–C) groups is 1. The lowest BCUT2D eigenvalue weighted by molar-refractivity contribution is -0.136. The van der Waals surface area contributed by atoms with Gasteiger partial charge in [0.1, 0.15) is 21.8 Å². The Morgan fingerprint density at radius 1 is 1.35 bits per heavy atom. The number of rotatable bonds is 6. The maximum absolute atomic E-state index is 13.8. The van der Waals surface area contributed by atoms with Crippen LogP contribution < -0.4 is 10.0 Å². The molecule has 0 radical (unpaired) electrons. The third kappa shape index (κ3) is 5.48. The first-order chi connectivity index (χ1) is 16.2. The van der Waals surface area contributed by atoms with Gasteiger partial charge in [-0.25, -0.2) is 27.9 Å². The number of allylic oxidation sites excluding steroid dienone is 1. The molecule has 2 atom stereocenters. The standard InChI is InChI=1S/C22H25ClFN5O3S2/c1-32-22(30)17-18(12-3-6-14(7-4-12)29-34(2,25)31)27-20(21-26-9-10-33-21)28-19(17)15-8-5-13(24)11-16(15)23/h5,8-12,14,19H,3-4,6-7H2,1-2H3,(H,27,28)(H2,25,29,31). The number of carbonyl (C=O) groups is 1. The molecule has 2 aliphatic rings. The Balaban J connectivity index is 1.76. The van der Waals surface area contributed by atoms with E-state index in [2.05, 4.69) is 15.0 Å². The monoisotopic (exact) mass is 525 g/mol. The summed E-state index contributed by atoms with van der Waals surface area (Å²) >= 11 is 7.80. The molecular weight excluding hydrogens is 501 g/mol. The van der Waals surface area contributed by atoms with Crippen molar-refractivity contribution in [2.45, 2.75) is 37.8 Å². The largest absolute Gasteiger partial charge is 0.466 e. The van der Waals surface area contributed by atoms with Gasteiger partial charge in [0.05, 0.1) is 12.7 Å². The van der Waals surface area contributed by atoms with E-state index in [0.29, 0.717) is 53.4 Å². The minimum Gasteiger partial charge on any atom is -0.466 e. The molecule has 2 heterocycles. The number of aromatic nitrogens is 1. The van der Waals surface area contributed by atoms with Crippen LogP contribution in [0.1, 0.15) is 42.3 Å². The van der Waals surface area contributed by atoms with Gasteiger partial charge in [-0.2, -0.15) is 0 Å². The van der Waals surface area contributed by atoms with Crippen molar-refractivity contribution in [3.8, 4) is 0 Å². The number of methoxy groups -OCH3 is 1. The van der Waals surface area contributed by atoms with E-state index in [4.69, 9.17) is 26.1 Å². The molecule has 1 aliphatic carbocycles. The number of halogens is 2. The third-order valence-corrected chi connectivity index (χ3v) is 7.79. The number of esters is 1. The quantitative estimate of drug-likeness (QED) is 0.489. The summed E-state index contributed by atoms with van der Waals surface area (Å²) in [5.74, 6) is -0.551. The van der Waals surface area contributed by atoms with Gasteiger partial charge < -0.3 is 10.1 Å². The first kappa shape index (κ1) is 24.8. The highest BCUT2D eigenvalue weighted by atomic mass is 35.5. The molecule has 1 aromatic heterocycles. The fraction of sp³-hybridized carbons (Fsp3) is 0.409. The van der Waals surface area contributed by atoms with Gasteiger partial charge in [0.2, 0.25) is 0 Å². The third-order valence-electron chi connectivity index (χ3n) is 5.90. The molecule has 182 valence electrons. The predicted octanol–water partition coefficient (Wildman–Crippen LogP) is 4.19. The molecule has 2 unspecified atom stereocenters. The summed E-state index contributed by atoms with van der Waals surface area (Å²) in [5, 5.41) is 5.98. The summed E-state index contributed by atoms with van der Waals surface area (Å²) < 4.78 is 41.3. The lowest BCUT2D eigenvalue weighted by Crippen LogP contribution is -2.41. The molecule has 0 spiro atoms. The van der Waals surface area contributed by atoms with E-state index < -0.39 is 27.7 Å². The minimum atomic E-state index is -2.81. The highest BCUT2D eigenvalue weighted by Gasteiger charge is 2.37. The first-order valence-corrected chi connectivity index (χ1v) is 13.9. The van der Waals surface area contributed by atoms with Gasteiger partial charge in [0.25, 0.3) is 0 Å². The molecule has 1 fully saturated rings. The summed E-state index contributed by atoms with van der Waals surface area (Å²) in [5.41, 5.74) is 1.50. The van der Waals surface area contributed by atoms with Crippen molar-refractivity contribution in [2.24, 2.45) is 10.9 Å². The maximum atomic E-state index is 13.8. The van der Waals surface area contributed by atoms with E-state index >= 15 is 0 Å². The van der Waals surface area contributed by atoms with E-state index in [-0.39, 0.29) is 17.0 Å². The number of carbonyl (C=O) groups excluding carboxylic acids is 1. The van der Waals surface area contributed by atoms with E-state index in [1.54, 1.807) is 6.20 Å².